The molecule has 1 saturated heterocycles. The van der Waals surface area contributed by atoms with Gasteiger partial charge in [-0.1, -0.05) is 58.3 Å². The van der Waals surface area contributed by atoms with Crippen LogP contribution in [0.3, 0.4) is 0 Å². The number of nitrogens with zero attached hydrogens (tertiary/aromatic N) is 2. The Hall–Kier alpha value is -3.26. The summed E-state index contributed by atoms with van der Waals surface area (Å²) < 4.78 is 14.3. The topological polar surface area (TPSA) is 70.5 Å². The first-order valence-corrected chi connectivity index (χ1v) is 12.1. The van der Waals surface area contributed by atoms with Gasteiger partial charge in [0, 0.05) is 5.56 Å². The lowest BCUT2D eigenvalue weighted by Gasteiger charge is -2.23. The molecule has 5 nitrogen and oxygen atoms in total. The first kappa shape index (κ1) is 23.5. The zero-order valence-corrected chi connectivity index (χ0v) is 20.8. The number of amides is 1. The molecular weight excluding hydrogens is 510 g/mol. The first-order chi connectivity index (χ1) is 16.7. The largest absolute Gasteiger partial charge is 0.507 e. The van der Waals surface area contributed by atoms with Crippen molar-refractivity contribution in [2.75, 3.05) is 4.90 Å². The first-order valence-electron chi connectivity index (χ1n) is 10.6. The Labute approximate surface area is 214 Å². The molecule has 4 aromatic rings. The lowest BCUT2D eigenvalue weighted by atomic mass is 9.93. The minimum absolute atomic E-state index is 0.0903. The maximum Gasteiger partial charge on any atom is 0.301 e. The Morgan fingerprint density at radius 3 is 2.54 bits per heavy atom. The van der Waals surface area contributed by atoms with Gasteiger partial charge in [-0.3, -0.25) is 14.5 Å². The van der Waals surface area contributed by atoms with Crippen LogP contribution in [0.5, 0.6) is 0 Å². The molecule has 0 spiro atoms. The van der Waals surface area contributed by atoms with Crippen molar-refractivity contribution < 1.29 is 19.1 Å². The van der Waals surface area contributed by atoms with Gasteiger partial charge in [-0.15, -0.1) is 0 Å². The lowest BCUT2D eigenvalue weighted by Crippen LogP contribution is -2.29. The number of aromatic nitrogens is 1. The molecule has 3 aromatic carbocycles. The summed E-state index contributed by atoms with van der Waals surface area (Å²) in [6, 6.07) is 13.3. The van der Waals surface area contributed by atoms with Gasteiger partial charge in [0.15, 0.2) is 5.13 Å². The molecule has 9 heteroatoms. The van der Waals surface area contributed by atoms with Crippen molar-refractivity contribution in [3.05, 3.63) is 98.3 Å². The van der Waals surface area contributed by atoms with Gasteiger partial charge in [-0.25, -0.2) is 9.37 Å². The molecule has 176 valence electrons. The Morgan fingerprint density at radius 1 is 1.03 bits per heavy atom. The summed E-state index contributed by atoms with van der Waals surface area (Å²) in [5, 5.41) is 12.1. The second kappa shape index (κ2) is 8.75. The fourth-order valence-corrected chi connectivity index (χ4v) is 5.48. The van der Waals surface area contributed by atoms with Crippen LogP contribution in [0.1, 0.15) is 28.3 Å². The maximum absolute atomic E-state index is 13.8. The van der Waals surface area contributed by atoms with E-state index in [4.69, 9.17) is 23.2 Å². The van der Waals surface area contributed by atoms with Crippen molar-refractivity contribution in [2.24, 2.45) is 0 Å². The van der Waals surface area contributed by atoms with E-state index in [1.165, 1.54) is 23.1 Å². The normalized spacial score (nSPS) is 17.5. The minimum atomic E-state index is -1.02. The van der Waals surface area contributed by atoms with Crippen molar-refractivity contribution in [3.8, 4) is 0 Å². The highest BCUT2D eigenvalue weighted by Gasteiger charge is 2.48. The fraction of sp³-hybridized carbons (Fsp3) is 0.115. The highest BCUT2D eigenvalue weighted by atomic mass is 35.5. The molecule has 1 amide bonds. The minimum Gasteiger partial charge on any atom is -0.507 e. The molecular formula is C26H17Cl2FN2O3S. The van der Waals surface area contributed by atoms with Gasteiger partial charge in [0.25, 0.3) is 5.78 Å². The van der Waals surface area contributed by atoms with Gasteiger partial charge in [-0.2, -0.15) is 0 Å². The molecule has 1 fully saturated rings. The third kappa shape index (κ3) is 3.99. The van der Waals surface area contributed by atoms with Crippen molar-refractivity contribution in [2.45, 2.75) is 19.9 Å². The molecule has 35 heavy (non-hydrogen) atoms. The van der Waals surface area contributed by atoms with Crippen LogP contribution in [0.15, 0.2) is 60.2 Å². The molecule has 1 aliphatic heterocycles. The average Bonchev–Trinajstić information content (AvgIpc) is 3.34. The van der Waals surface area contributed by atoms with Crippen LogP contribution < -0.4 is 4.90 Å². The SMILES string of the molecule is Cc1ccc(C)c(C(O)=C2C(=O)C(=O)N(c3nc4ccc(F)cc4s3)C2c2ccc(Cl)c(Cl)c2)c1. The van der Waals surface area contributed by atoms with Crippen molar-refractivity contribution in [1.82, 2.24) is 4.98 Å². The summed E-state index contributed by atoms with van der Waals surface area (Å²) in [7, 11) is 0. The Balaban J connectivity index is 1.77. The van der Waals surface area contributed by atoms with Crippen LogP contribution >= 0.6 is 34.5 Å². The Bertz CT molecular complexity index is 1580. The van der Waals surface area contributed by atoms with Gasteiger partial charge < -0.3 is 5.11 Å². The smallest absolute Gasteiger partial charge is 0.301 e. The average molecular weight is 527 g/mol. The molecule has 0 saturated carbocycles. The van der Waals surface area contributed by atoms with Gasteiger partial charge in [-0.05, 0) is 61.4 Å². The summed E-state index contributed by atoms with van der Waals surface area (Å²) in [6.45, 7) is 3.67. The highest BCUT2D eigenvalue weighted by molar-refractivity contribution is 7.22. The maximum atomic E-state index is 13.8. The van der Waals surface area contributed by atoms with Crippen molar-refractivity contribution in [3.63, 3.8) is 0 Å². The molecule has 1 aromatic heterocycles. The number of halogens is 3. The molecule has 1 N–H and O–H groups in total. The third-order valence-electron chi connectivity index (χ3n) is 5.90. The van der Waals surface area contributed by atoms with E-state index in [9.17, 15) is 19.1 Å². The number of aryl methyl sites for hydroxylation is 2. The Morgan fingerprint density at radius 2 is 1.80 bits per heavy atom. The zero-order chi connectivity index (χ0) is 25.0. The number of hydrogen-bond donors (Lipinski definition) is 1. The van der Waals surface area contributed by atoms with E-state index in [1.54, 1.807) is 31.2 Å². The number of carbonyl (C=O) groups excluding carboxylic acids is 2. The summed E-state index contributed by atoms with van der Waals surface area (Å²) in [5.74, 6) is -2.45. The summed E-state index contributed by atoms with van der Waals surface area (Å²) in [4.78, 5) is 32.4. The van der Waals surface area contributed by atoms with Crippen LogP contribution in [-0.2, 0) is 9.59 Å². The van der Waals surface area contributed by atoms with Crippen LogP contribution in [0.4, 0.5) is 9.52 Å². The molecule has 1 atom stereocenters. The number of aliphatic hydroxyl groups excluding tert-OH is 1. The highest BCUT2D eigenvalue weighted by Crippen LogP contribution is 2.45. The van der Waals surface area contributed by atoms with Crippen molar-refractivity contribution in [1.29, 1.82) is 0 Å². The molecule has 1 unspecified atom stereocenters. The number of aliphatic hydroxyl groups is 1. The number of rotatable bonds is 3. The predicted molar refractivity (Wildman–Crippen MR) is 137 cm³/mol. The van der Waals surface area contributed by atoms with Gasteiger partial charge in [0.2, 0.25) is 0 Å². The number of carbonyl (C=O) groups is 2. The number of Topliss-reactive ketones (excluding diaryl/α,β-unsaturated/α-hetero) is 1. The number of hydrogen-bond acceptors (Lipinski definition) is 5. The monoisotopic (exact) mass is 526 g/mol. The standard InChI is InChI=1S/C26H17Cl2FN2O3S/c1-12-3-4-13(2)16(9-12)23(32)21-22(14-5-7-17(27)18(28)10-14)31(25(34)24(21)33)26-30-19-8-6-15(29)11-20(19)35-26/h3-11,22,32H,1-2H3. The summed E-state index contributed by atoms with van der Waals surface area (Å²) in [5.41, 5.74) is 2.92. The van der Waals surface area contributed by atoms with Gasteiger partial charge >= 0.3 is 5.91 Å². The third-order valence-corrected chi connectivity index (χ3v) is 7.65. The zero-order valence-electron chi connectivity index (χ0n) is 18.5. The van der Waals surface area contributed by atoms with E-state index in [0.29, 0.717) is 26.4 Å². The van der Waals surface area contributed by atoms with Gasteiger partial charge in [0.05, 0.1) is 31.9 Å². The molecule has 1 aliphatic rings. The van der Waals surface area contributed by atoms with Crippen LogP contribution in [0.25, 0.3) is 16.0 Å². The lowest BCUT2D eigenvalue weighted by molar-refractivity contribution is -0.132. The van der Waals surface area contributed by atoms with Crippen LogP contribution in [0.2, 0.25) is 10.0 Å². The van der Waals surface area contributed by atoms with Crippen LogP contribution in [0, 0.1) is 19.7 Å². The number of thiazole rings is 1. The van der Waals surface area contributed by atoms with E-state index in [0.717, 1.165) is 22.5 Å². The molecule has 0 aliphatic carbocycles. The van der Waals surface area contributed by atoms with Gasteiger partial charge in [0.1, 0.15) is 11.6 Å². The van der Waals surface area contributed by atoms with E-state index < -0.39 is 23.5 Å². The number of fused-ring (bicyclic) bond motifs is 1. The summed E-state index contributed by atoms with van der Waals surface area (Å²) >= 11 is 13.5. The second-order valence-corrected chi connectivity index (χ2v) is 10.1. The van der Waals surface area contributed by atoms with E-state index in [2.05, 4.69) is 4.98 Å². The van der Waals surface area contributed by atoms with Crippen molar-refractivity contribution >= 4 is 67.3 Å². The van der Waals surface area contributed by atoms with E-state index >= 15 is 0 Å². The quantitative estimate of drug-likeness (QED) is 0.177. The molecule has 0 bridgehead atoms. The Kier molecular flexibility index (Phi) is 5.87. The van der Waals surface area contributed by atoms with E-state index in [-0.39, 0.29) is 21.5 Å². The number of benzene rings is 3. The number of ketones is 1. The summed E-state index contributed by atoms with van der Waals surface area (Å²) in [6.07, 6.45) is 0. The predicted octanol–water partition coefficient (Wildman–Crippen LogP) is 6.99. The second-order valence-electron chi connectivity index (χ2n) is 8.27. The van der Waals surface area contributed by atoms with E-state index in [1.807, 2.05) is 19.1 Å². The molecule has 2 heterocycles. The van der Waals surface area contributed by atoms with Crippen LogP contribution in [-0.4, -0.2) is 21.8 Å². The molecule has 0 radical (unpaired) electrons. The fourth-order valence-electron chi connectivity index (χ4n) is 4.15. The number of anilines is 1. The molecule has 5 rings (SSSR count).